The van der Waals surface area contributed by atoms with Crippen molar-refractivity contribution in [1.29, 1.82) is 0 Å². The van der Waals surface area contributed by atoms with E-state index in [1.54, 1.807) is 13.0 Å². The number of ether oxygens (including phenoxy) is 1. The fourth-order valence-corrected chi connectivity index (χ4v) is 1.70. The van der Waals surface area contributed by atoms with Crippen molar-refractivity contribution in [1.82, 2.24) is 5.32 Å². The van der Waals surface area contributed by atoms with Crippen LogP contribution in [0.1, 0.15) is 13.8 Å². The molecule has 0 fully saturated rings. The van der Waals surface area contributed by atoms with Crippen LogP contribution in [0.4, 0.5) is 4.39 Å². The summed E-state index contributed by atoms with van der Waals surface area (Å²) < 4.78 is 19.0. The van der Waals surface area contributed by atoms with E-state index in [1.165, 1.54) is 19.1 Å². The molecule has 7 heteroatoms. The molecule has 0 saturated heterocycles. The molecule has 0 aliphatic carbocycles. The molecule has 0 radical (unpaired) electrons. The molecule has 20 heavy (non-hydrogen) atoms. The maximum atomic E-state index is 13.4. The van der Waals surface area contributed by atoms with E-state index >= 15 is 0 Å². The number of carboxylic acid groups (broad SMARTS) is 1. The quantitative estimate of drug-likeness (QED) is 0.826. The average molecular weight is 348 g/mol. The van der Waals surface area contributed by atoms with Crippen molar-refractivity contribution >= 4 is 27.8 Å². The molecule has 1 aromatic rings. The van der Waals surface area contributed by atoms with Crippen LogP contribution < -0.4 is 10.1 Å². The van der Waals surface area contributed by atoms with Crippen molar-refractivity contribution in [3.8, 4) is 5.75 Å². The van der Waals surface area contributed by atoms with Crippen molar-refractivity contribution in [3.05, 3.63) is 28.5 Å². The maximum Gasteiger partial charge on any atom is 0.308 e. The molecule has 0 aliphatic rings. The minimum absolute atomic E-state index is 0.0395. The van der Waals surface area contributed by atoms with E-state index in [0.717, 1.165) is 0 Å². The second kappa shape index (κ2) is 7.23. The summed E-state index contributed by atoms with van der Waals surface area (Å²) in [6.45, 7) is 2.69. The monoisotopic (exact) mass is 347 g/mol. The summed E-state index contributed by atoms with van der Waals surface area (Å²) in [5, 5.41) is 11.3. The van der Waals surface area contributed by atoms with Crippen molar-refractivity contribution < 1.29 is 23.8 Å². The van der Waals surface area contributed by atoms with Gasteiger partial charge in [0.05, 0.1) is 5.92 Å². The van der Waals surface area contributed by atoms with Crippen LogP contribution in [0.25, 0.3) is 0 Å². The summed E-state index contributed by atoms with van der Waals surface area (Å²) in [5.74, 6) is -2.85. The van der Waals surface area contributed by atoms with Gasteiger partial charge in [-0.15, -0.1) is 0 Å². The molecule has 2 N–H and O–H groups in total. The third-order valence-corrected chi connectivity index (χ3v) is 3.27. The lowest BCUT2D eigenvalue weighted by molar-refractivity contribution is -0.142. The molecule has 0 aliphatic heterocycles. The highest BCUT2D eigenvalue weighted by molar-refractivity contribution is 9.10. The number of amides is 1. The highest BCUT2D eigenvalue weighted by atomic mass is 79.9. The minimum Gasteiger partial charge on any atom is -0.481 e. The molecule has 0 aromatic heterocycles. The number of rotatable bonds is 6. The Morgan fingerprint density at radius 1 is 1.45 bits per heavy atom. The molecule has 0 spiro atoms. The van der Waals surface area contributed by atoms with Crippen molar-refractivity contribution in [2.45, 2.75) is 19.9 Å². The van der Waals surface area contributed by atoms with Gasteiger partial charge in [-0.25, -0.2) is 4.39 Å². The van der Waals surface area contributed by atoms with Crippen molar-refractivity contribution in [3.63, 3.8) is 0 Å². The Balaban J connectivity index is 2.49. The van der Waals surface area contributed by atoms with Gasteiger partial charge in [0.1, 0.15) is 0 Å². The second-order valence-corrected chi connectivity index (χ2v) is 5.26. The Morgan fingerprint density at radius 2 is 2.10 bits per heavy atom. The number of carboxylic acids is 1. The van der Waals surface area contributed by atoms with Gasteiger partial charge >= 0.3 is 5.97 Å². The highest BCUT2D eigenvalue weighted by Crippen LogP contribution is 2.21. The first-order valence-electron chi connectivity index (χ1n) is 5.91. The van der Waals surface area contributed by atoms with Gasteiger partial charge in [-0.3, -0.25) is 9.59 Å². The van der Waals surface area contributed by atoms with Crippen LogP contribution >= 0.6 is 15.9 Å². The number of hydrogen-bond donors (Lipinski definition) is 2. The van der Waals surface area contributed by atoms with Gasteiger partial charge < -0.3 is 15.2 Å². The number of carbonyl (C=O) groups is 2. The van der Waals surface area contributed by atoms with Gasteiger partial charge in [-0.1, -0.05) is 15.9 Å². The first-order valence-corrected chi connectivity index (χ1v) is 6.70. The molecular weight excluding hydrogens is 333 g/mol. The first kappa shape index (κ1) is 16.4. The number of halogens is 2. The lowest BCUT2D eigenvalue weighted by Gasteiger charge is -2.17. The van der Waals surface area contributed by atoms with Crippen LogP contribution in [0.5, 0.6) is 5.75 Å². The minimum atomic E-state index is -1.00. The van der Waals surface area contributed by atoms with Crippen LogP contribution in [0, 0.1) is 11.7 Å². The van der Waals surface area contributed by atoms with Crippen LogP contribution in [0.15, 0.2) is 22.7 Å². The van der Waals surface area contributed by atoms with E-state index in [-0.39, 0.29) is 12.4 Å². The Labute approximate surface area is 124 Å². The number of benzene rings is 1. The van der Waals surface area contributed by atoms with E-state index in [9.17, 15) is 14.0 Å². The van der Waals surface area contributed by atoms with Crippen LogP contribution in [-0.2, 0) is 9.59 Å². The highest BCUT2D eigenvalue weighted by Gasteiger charge is 2.21. The lowest BCUT2D eigenvalue weighted by Crippen LogP contribution is -2.42. The zero-order valence-electron chi connectivity index (χ0n) is 11.0. The molecule has 1 amide bonds. The summed E-state index contributed by atoms with van der Waals surface area (Å²) in [6, 6.07) is 3.67. The molecule has 0 bridgehead atoms. The van der Waals surface area contributed by atoms with Gasteiger partial charge in [0, 0.05) is 10.5 Å². The van der Waals surface area contributed by atoms with Crippen molar-refractivity contribution in [2.75, 3.05) is 6.61 Å². The van der Waals surface area contributed by atoms with E-state index < -0.39 is 29.7 Å². The zero-order chi connectivity index (χ0) is 15.3. The molecule has 2 atom stereocenters. The zero-order valence-corrected chi connectivity index (χ0v) is 12.6. The third-order valence-electron chi connectivity index (χ3n) is 2.78. The number of aliphatic carboxylic acids is 1. The average Bonchev–Trinajstić information content (AvgIpc) is 2.36. The van der Waals surface area contributed by atoms with Gasteiger partial charge in [-0.05, 0) is 32.0 Å². The lowest BCUT2D eigenvalue weighted by atomic mass is 10.0. The van der Waals surface area contributed by atoms with Crippen LogP contribution in [-0.4, -0.2) is 29.6 Å². The summed E-state index contributed by atoms with van der Waals surface area (Å²) in [7, 11) is 0. The molecule has 2 unspecified atom stereocenters. The summed E-state index contributed by atoms with van der Waals surface area (Å²) >= 11 is 3.11. The molecule has 5 nitrogen and oxygen atoms in total. The Morgan fingerprint density at radius 3 is 2.65 bits per heavy atom. The normalized spacial score (nSPS) is 13.4. The SMILES string of the molecule is CC(NC(=O)COc1ccc(Br)cc1F)C(C)C(=O)O. The van der Waals surface area contributed by atoms with Gasteiger partial charge in [0.15, 0.2) is 18.2 Å². The molecule has 0 heterocycles. The smallest absolute Gasteiger partial charge is 0.308 e. The van der Waals surface area contributed by atoms with Gasteiger partial charge in [0.2, 0.25) is 0 Å². The molecule has 110 valence electrons. The molecule has 1 aromatic carbocycles. The first-order chi connectivity index (χ1) is 9.31. The van der Waals surface area contributed by atoms with Crippen molar-refractivity contribution in [2.24, 2.45) is 5.92 Å². The van der Waals surface area contributed by atoms with E-state index in [0.29, 0.717) is 4.47 Å². The largest absolute Gasteiger partial charge is 0.481 e. The fraction of sp³-hybridized carbons (Fsp3) is 0.385. The Kier molecular flexibility index (Phi) is 5.94. The summed E-state index contributed by atoms with van der Waals surface area (Å²) in [6.07, 6.45) is 0. The van der Waals surface area contributed by atoms with Crippen LogP contribution in [0.2, 0.25) is 0 Å². The predicted octanol–water partition coefficient (Wildman–Crippen LogP) is 2.19. The predicted molar refractivity (Wildman–Crippen MR) is 74.0 cm³/mol. The van der Waals surface area contributed by atoms with Gasteiger partial charge in [0.25, 0.3) is 5.91 Å². The Hall–Kier alpha value is -1.63. The summed E-state index contributed by atoms with van der Waals surface area (Å²) in [5.41, 5.74) is 0. The molecule has 0 saturated carbocycles. The number of nitrogens with one attached hydrogen (secondary N) is 1. The van der Waals surface area contributed by atoms with Gasteiger partial charge in [-0.2, -0.15) is 0 Å². The standard InChI is InChI=1S/C13H15BrFNO4/c1-7(13(18)19)8(2)16-12(17)6-20-11-4-3-9(14)5-10(11)15/h3-5,7-8H,6H2,1-2H3,(H,16,17)(H,18,19). The fourth-order valence-electron chi connectivity index (χ4n) is 1.37. The number of carbonyl (C=O) groups excluding carboxylic acids is 1. The maximum absolute atomic E-state index is 13.4. The topological polar surface area (TPSA) is 75.6 Å². The molecule has 1 rings (SSSR count). The van der Waals surface area contributed by atoms with E-state index in [2.05, 4.69) is 21.2 Å². The van der Waals surface area contributed by atoms with Crippen LogP contribution in [0.3, 0.4) is 0 Å². The Bertz CT molecular complexity index is 509. The third kappa shape index (κ3) is 4.80. The molecular formula is C13H15BrFNO4. The summed E-state index contributed by atoms with van der Waals surface area (Å²) in [4.78, 5) is 22.3. The second-order valence-electron chi connectivity index (χ2n) is 4.35. The number of hydrogen-bond acceptors (Lipinski definition) is 3. The van der Waals surface area contributed by atoms with E-state index in [4.69, 9.17) is 9.84 Å². The van der Waals surface area contributed by atoms with E-state index in [1.807, 2.05) is 0 Å².